The van der Waals surface area contributed by atoms with E-state index in [-0.39, 0.29) is 6.04 Å². The zero-order valence-electron chi connectivity index (χ0n) is 7.76. The van der Waals surface area contributed by atoms with Gasteiger partial charge < -0.3 is 5.73 Å². The highest BCUT2D eigenvalue weighted by Crippen LogP contribution is 2.20. The minimum Gasteiger partial charge on any atom is -0.324 e. The minimum absolute atomic E-state index is 0.0648. The summed E-state index contributed by atoms with van der Waals surface area (Å²) in [5, 5.41) is 0. The van der Waals surface area contributed by atoms with E-state index in [4.69, 9.17) is 5.73 Å². The van der Waals surface area contributed by atoms with Gasteiger partial charge in [-0.1, -0.05) is 33.6 Å². The van der Waals surface area contributed by atoms with E-state index in [9.17, 15) is 0 Å². The highest BCUT2D eigenvalue weighted by Gasteiger charge is 2.05. The van der Waals surface area contributed by atoms with E-state index in [1.165, 1.54) is 0 Å². The molecule has 0 fully saturated rings. The minimum atomic E-state index is 0.0648. The predicted molar refractivity (Wildman–Crippen MR) is 60.5 cm³/mol. The molecule has 1 rings (SSSR count). The monoisotopic (exact) mass is 239 g/mol. The Hall–Kier alpha value is -0.600. The predicted octanol–water partition coefficient (Wildman–Crippen LogP) is 3.42. The molecule has 0 unspecified atom stereocenters. The molecule has 1 aromatic carbocycles. The second-order valence-corrected chi connectivity index (χ2v) is 4.24. The molecule has 0 aromatic heterocycles. The summed E-state index contributed by atoms with van der Waals surface area (Å²) in [6.07, 6.45) is 0.844. The third-order valence-corrected chi connectivity index (χ3v) is 2.34. The molecule has 0 aliphatic heterocycles. The van der Waals surface area contributed by atoms with Crippen LogP contribution in [0, 0.1) is 0 Å². The van der Waals surface area contributed by atoms with Crippen LogP contribution >= 0.6 is 15.9 Å². The van der Waals surface area contributed by atoms with E-state index in [1.54, 1.807) is 0 Å². The molecule has 1 atom stereocenters. The van der Waals surface area contributed by atoms with Crippen molar-refractivity contribution in [3.05, 3.63) is 46.5 Å². The fraction of sp³-hybridized carbons (Fsp3) is 0.273. The number of rotatable bonds is 3. The van der Waals surface area contributed by atoms with E-state index < -0.39 is 0 Å². The third-order valence-electron chi connectivity index (χ3n) is 1.85. The summed E-state index contributed by atoms with van der Waals surface area (Å²) in [6.45, 7) is 5.85. The molecular weight excluding hydrogens is 226 g/mol. The Morgan fingerprint density at radius 3 is 2.85 bits per heavy atom. The lowest BCUT2D eigenvalue weighted by molar-refractivity contribution is 0.717. The summed E-state index contributed by atoms with van der Waals surface area (Å²) in [5.41, 5.74) is 8.25. The lowest BCUT2D eigenvalue weighted by Gasteiger charge is -2.11. The Morgan fingerprint density at radius 2 is 2.31 bits per heavy atom. The topological polar surface area (TPSA) is 26.0 Å². The normalized spacial score (nSPS) is 12.5. The molecule has 0 saturated carbocycles. The van der Waals surface area contributed by atoms with Crippen LogP contribution in [0.4, 0.5) is 0 Å². The van der Waals surface area contributed by atoms with E-state index in [1.807, 2.05) is 31.2 Å². The van der Waals surface area contributed by atoms with Crippen molar-refractivity contribution in [2.24, 2.45) is 5.73 Å². The van der Waals surface area contributed by atoms with Gasteiger partial charge in [0, 0.05) is 10.5 Å². The van der Waals surface area contributed by atoms with Gasteiger partial charge in [-0.15, -0.1) is 6.58 Å². The molecule has 0 saturated heterocycles. The second kappa shape index (κ2) is 4.58. The van der Waals surface area contributed by atoms with Crippen LogP contribution in [-0.2, 0) is 0 Å². The van der Waals surface area contributed by atoms with Gasteiger partial charge >= 0.3 is 0 Å². The molecule has 0 aliphatic rings. The summed E-state index contributed by atoms with van der Waals surface area (Å²) >= 11 is 3.42. The van der Waals surface area contributed by atoms with Crippen LogP contribution in [0.2, 0.25) is 0 Å². The van der Waals surface area contributed by atoms with E-state index in [0.717, 1.165) is 22.0 Å². The van der Waals surface area contributed by atoms with Crippen LogP contribution in [0.5, 0.6) is 0 Å². The van der Waals surface area contributed by atoms with Crippen LogP contribution in [0.25, 0.3) is 0 Å². The summed E-state index contributed by atoms with van der Waals surface area (Å²) < 4.78 is 1.07. The standard InChI is InChI=1S/C11H14BrN/c1-8(2)6-11(13)9-4-3-5-10(12)7-9/h3-5,7,11H,1,6,13H2,2H3/t11-/m1/s1. The molecule has 1 aromatic rings. The first-order chi connectivity index (χ1) is 6.09. The van der Waals surface area contributed by atoms with Gasteiger partial charge in [0.05, 0.1) is 0 Å². The molecule has 2 N–H and O–H groups in total. The van der Waals surface area contributed by atoms with Gasteiger partial charge in [-0.3, -0.25) is 0 Å². The van der Waals surface area contributed by atoms with Crippen LogP contribution in [0.15, 0.2) is 40.9 Å². The van der Waals surface area contributed by atoms with Gasteiger partial charge in [-0.25, -0.2) is 0 Å². The maximum atomic E-state index is 5.98. The van der Waals surface area contributed by atoms with Crippen LogP contribution in [0.1, 0.15) is 24.9 Å². The second-order valence-electron chi connectivity index (χ2n) is 3.32. The number of hydrogen-bond donors (Lipinski definition) is 1. The van der Waals surface area contributed by atoms with Crippen molar-refractivity contribution in [2.45, 2.75) is 19.4 Å². The molecule has 1 nitrogen and oxygen atoms in total. The average molecular weight is 240 g/mol. The number of hydrogen-bond acceptors (Lipinski definition) is 1. The molecule has 0 heterocycles. The van der Waals surface area contributed by atoms with E-state index in [2.05, 4.69) is 22.5 Å². The molecule has 0 bridgehead atoms. The number of benzene rings is 1. The van der Waals surface area contributed by atoms with Gasteiger partial charge in [0.2, 0.25) is 0 Å². The third kappa shape index (κ3) is 3.33. The van der Waals surface area contributed by atoms with Crippen LogP contribution in [0.3, 0.4) is 0 Å². The Labute approximate surface area is 87.8 Å². The van der Waals surface area contributed by atoms with Gasteiger partial charge in [-0.2, -0.15) is 0 Å². The van der Waals surface area contributed by atoms with Gasteiger partial charge in [0.15, 0.2) is 0 Å². The number of halogens is 1. The summed E-state index contributed by atoms with van der Waals surface area (Å²) in [7, 11) is 0. The maximum Gasteiger partial charge on any atom is 0.0332 e. The zero-order chi connectivity index (χ0) is 9.84. The summed E-state index contributed by atoms with van der Waals surface area (Å²) in [5.74, 6) is 0. The highest BCUT2D eigenvalue weighted by molar-refractivity contribution is 9.10. The molecule has 0 aliphatic carbocycles. The first-order valence-corrected chi connectivity index (χ1v) is 5.04. The van der Waals surface area contributed by atoms with E-state index >= 15 is 0 Å². The molecule has 0 amide bonds. The zero-order valence-corrected chi connectivity index (χ0v) is 9.34. The highest BCUT2D eigenvalue weighted by atomic mass is 79.9. The molecule has 2 heteroatoms. The Bertz CT molecular complexity index is 307. The number of nitrogens with two attached hydrogens (primary N) is 1. The van der Waals surface area contributed by atoms with Crippen molar-refractivity contribution in [3.63, 3.8) is 0 Å². The quantitative estimate of drug-likeness (QED) is 0.805. The smallest absolute Gasteiger partial charge is 0.0332 e. The fourth-order valence-corrected chi connectivity index (χ4v) is 1.65. The lowest BCUT2D eigenvalue weighted by Crippen LogP contribution is -2.10. The molecule has 0 spiro atoms. The lowest BCUT2D eigenvalue weighted by atomic mass is 10.0. The van der Waals surface area contributed by atoms with Crippen molar-refractivity contribution in [1.29, 1.82) is 0 Å². The van der Waals surface area contributed by atoms with Crippen molar-refractivity contribution in [3.8, 4) is 0 Å². The Balaban J connectivity index is 2.76. The maximum absolute atomic E-state index is 5.98. The average Bonchev–Trinajstić information content (AvgIpc) is 2.03. The van der Waals surface area contributed by atoms with Gasteiger partial charge in [-0.05, 0) is 31.0 Å². The van der Waals surface area contributed by atoms with Crippen LogP contribution < -0.4 is 5.73 Å². The summed E-state index contributed by atoms with van der Waals surface area (Å²) in [4.78, 5) is 0. The first kappa shape index (κ1) is 10.5. The van der Waals surface area contributed by atoms with Crippen molar-refractivity contribution in [2.75, 3.05) is 0 Å². The van der Waals surface area contributed by atoms with Crippen molar-refractivity contribution < 1.29 is 0 Å². The molecular formula is C11H14BrN. The van der Waals surface area contributed by atoms with Crippen LogP contribution in [-0.4, -0.2) is 0 Å². The Morgan fingerprint density at radius 1 is 1.62 bits per heavy atom. The van der Waals surface area contributed by atoms with E-state index in [0.29, 0.717) is 0 Å². The molecule has 70 valence electrons. The first-order valence-electron chi connectivity index (χ1n) is 4.25. The van der Waals surface area contributed by atoms with Gasteiger partial charge in [0.25, 0.3) is 0 Å². The summed E-state index contributed by atoms with van der Waals surface area (Å²) in [6, 6.07) is 8.15. The van der Waals surface area contributed by atoms with Crippen molar-refractivity contribution in [1.82, 2.24) is 0 Å². The Kier molecular flexibility index (Phi) is 3.70. The SMILES string of the molecule is C=C(C)C[C@@H](N)c1cccc(Br)c1. The molecule has 0 radical (unpaired) electrons. The largest absolute Gasteiger partial charge is 0.324 e. The fourth-order valence-electron chi connectivity index (χ4n) is 1.23. The van der Waals surface area contributed by atoms with Gasteiger partial charge in [0.1, 0.15) is 0 Å². The molecule has 13 heavy (non-hydrogen) atoms. The van der Waals surface area contributed by atoms with Crippen molar-refractivity contribution >= 4 is 15.9 Å².